The summed E-state index contributed by atoms with van der Waals surface area (Å²) in [4.78, 5) is 12.3. The van der Waals surface area contributed by atoms with E-state index >= 15 is 0 Å². The Bertz CT molecular complexity index is 635. The summed E-state index contributed by atoms with van der Waals surface area (Å²) >= 11 is 0. The summed E-state index contributed by atoms with van der Waals surface area (Å²) in [6.07, 6.45) is 2.23. The third kappa shape index (κ3) is 1.73. The number of H-pyrrole nitrogens is 1. The van der Waals surface area contributed by atoms with E-state index in [0.717, 1.165) is 23.9 Å². The van der Waals surface area contributed by atoms with Crippen molar-refractivity contribution in [2.24, 2.45) is 5.92 Å². The van der Waals surface area contributed by atoms with Gasteiger partial charge in [-0.05, 0) is 24.8 Å². The highest BCUT2D eigenvalue weighted by Crippen LogP contribution is 2.31. The molecule has 2 fully saturated rings. The predicted octanol–water partition coefficient (Wildman–Crippen LogP) is 1.04. The van der Waals surface area contributed by atoms with Crippen molar-refractivity contribution in [3.8, 4) is 0 Å². The monoisotopic (exact) mass is 256 g/mol. The van der Waals surface area contributed by atoms with Crippen molar-refractivity contribution < 1.29 is 4.79 Å². The third-order valence-corrected chi connectivity index (χ3v) is 4.37. The number of carbonyl (C=O) groups excluding carboxylic acids is 1. The number of para-hydroxylation sites is 1. The molecule has 3 N–H and O–H groups in total. The van der Waals surface area contributed by atoms with E-state index in [4.69, 9.17) is 0 Å². The average Bonchev–Trinajstić information content (AvgIpc) is 3.13. The smallest absolute Gasteiger partial charge is 0.272 e. The minimum atomic E-state index is -0.0602. The molecule has 19 heavy (non-hydrogen) atoms. The minimum Gasteiger partial charge on any atom is -0.348 e. The van der Waals surface area contributed by atoms with Gasteiger partial charge in [0.05, 0.1) is 5.52 Å². The highest BCUT2D eigenvalue weighted by atomic mass is 16.2. The zero-order valence-electron chi connectivity index (χ0n) is 10.5. The lowest BCUT2D eigenvalue weighted by molar-refractivity contribution is 0.0921. The predicted molar refractivity (Wildman–Crippen MR) is 71.9 cm³/mol. The van der Waals surface area contributed by atoms with Crippen LogP contribution >= 0.6 is 0 Å². The lowest BCUT2D eigenvalue weighted by atomic mass is 10.0. The Morgan fingerprint density at radius 1 is 1.32 bits per heavy atom. The summed E-state index contributed by atoms with van der Waals surface area (Å²) in [7, 11) is 0. The van der Waals surface area contributed by atoms with E-state index in [1.807, 2.05) is 24.3 Å². The Hall–Kier alpha value is -1.88. The molecular formula is C14H16N4O. The molecule has 1 saturated heterocycles. The zero-order valence-corrected chi connectivity index (χ0v) is 10.5. The Labute approximate surface area is 110 Å². The van der Waals surface area contributed by atoms with Crippen LogP contribution in [0.1, 0.15) is 23.3 Å². The van der Waals surface area contributed by atoms with Gasteiger partial charge in [-0.3, -0.25) is 9.89 Å². The topological polar surface area (TPSA) is 69.8 Å². The van der Waals surface area contributed by atoms with Crippen LogP contribution in [0.4, 0.5) is 0 Å². The molecule has 0 spiro atoms. The molecule has 98 valence electrons. The molecule has 2 bridgehead atoms. The first-order valence-electron chi connectivity index (χ1n) is 6.78. The fourth-order valence-corrected chi connectivity index (χ4v) is 3.39. The quantitative estimate of drug-likeness (QED) is 0.752. The van der Waals surface area contributed by atoms with Crippen LogP contribution in [0.25, 0.3) is 10.9 Å². The van der Waals surface area contributed by atoms with Crippen molar-refractivity contribution in [2.45, 2.75) is 24.9 Å². The van der Waals surface area contributed by atoms with Gasteiger partial charge in [0.1, 0.15) is 0 Å². The summed E-state index contributed by atoms with van der Waals surface area (Å²) in [5.74, 6) is 0.522. The second kappa shape index (κ2) is 4.06. The Balaban J connectivity index is 1.57. The van der Waals surface area contributed by atoms with E-state index < -0.39 is 0 Å². The molecule has 1 aliphatic heterocycles. The number of nitrogens with zero attached hydrogens (tertiary/aromatic N) is 1. The van der Waals surface area contributed by atoms with Gasteiger partial charge in [-0.1, -0.05) is 18.2 Å². The van der Waals surface area contributed by atoms with Gasteiger partial charge in [-0.2, -0.15) is 5.10 Å². The number of nitrogens with one attached hydrogen (secondary N) is 3. The fraction of sp³-hybridized carbons (Fsp3) is 0.429. The Morgan fingerprint density at radius 2 is 2.21 bits per heavy atom. The highest BCUT2D eigenvalue weighted by Gasteiger charge is 2.40. The molecule has 5 nitrogen and oxygen atoms in total. The normalized spacial score (nSPS) is 28.9. The van der Waals surface area contributed by atoms with Crippen molar-refractivity contribution in [1.29, 1.82) is 0 Å². The number of rotatable bonds is 2. The van der Waals surface area contributed by atoms with Crippen LogP contribution in [0.15, 0.2) is 24.3 Å². The van der Waals surface area contributed by atoms with Crippen LogP contribution in [0.5, 0.6) is 0 Å². The number of piperidine rings is 1. The van der Waals surface area contributed by atoms with Gasteiger partial charge in [-0.15, -0.1) is 0 Å². The van der Waals surface area contributed by atoms with Crippen LogP contribution in [0, 0.1) is 5.92 Å². The van der Waals surface area contributed by atoms with E-state index in [1.165, 1.54) is 6.42 Å². The van der Waals surface area contributed by atoms with Gasteiger partial charge in [0, 0.05) is 24.0 Å². The first-order valence-corrected chi connectivity index (χ1v) is 6.78. The van der Waals surface area contributed by atoms with Crippen molar-refractivity contribution >= 4 is 16.8 Å². The number of aromatic amines is 1. The molecule has 3 atom stereocenters. The lowest BCUT2D eigenvalue weighted by Crippen LogP contribution is -2.44. The van der Waals surface area contributed by atoms with Crippen molar-refractivity contribution in [3.63, 3.8) is 0 Å². The van der Waals surface area contributed by atoms with Gasteiger partial charge in [0.25, 0.3) is 5.91 Å². The van der Waals surface area contributed by atoms with Crippen LogP contribution < -0.4 is 10.6 Å². The largest absolute Gasteiger partial charge is 0.348 e. The second-order valence-electron chi connectivity index (χ2n) is 5.53. The molecule has 4 rings (SSSR count). The average molecular weight is 256 g/mol. The number of benzene rings is 1. The maximum Gasteiger partial charge on any atom is 0.272 e. The Morgan fingerprint density at radius 3 is 3.00 bits per heavy atom. The fourth-order valence-electron chi connectivity index (χ4n) is 3.39. The molecular weight excluding hydrogens is 240 g/mol. The zero-order chi connectivity index (χ0) is 12.8. The molecule has 2 heterocycles. The van der Waals surface area contributed by atoms with Crippen molar-refractivity contribution in [3.05, 3.63) is 30.0 Å². The summed E-state index contributed by atoms with van der Waals surface area (Å²) in [6, 6.07) is 8.61. The molecule has 1 aromatic heterocycles. The maximum absolute atomic E-state index is 12.3. The van der Waals surface area contributed by atoms with E-state index in [9.17, 15) is 4.79 Å². The number of aromatic nitrogens is 2. The maximum atomic E-state index is 12.3. The highest BCUT2D eigenvalue weighted by molar-refractivity contribution is 6.04. The van der Waals surface area contributed by atoms with Gasteiger partial charge in [0.2, 0.25) is 0 Å². The number of fused-ring (bicyclic) bond motifs is 3. The second-order valence-corrected chi connectivity index (χ2v) is 5.53. The molecule has 1 aliphatic carbocycles. The molecule has 1 aromatic carbocycles. The van der Waals surface area contributed by atoms with Crippen LogP contribution in [0.3, 0.4) is 0 Å². The number of hydrogen-bond donors (Lipinski definition) is 3. The van der Waals surface area contributed by atoms with Crippen LogP contribution in [-0.2, 0) is 0 Å². The standard InChI is InChI=1S/C14H16N4O/c19-14(16-12-6-9-5-8(12)7-15-9)13-10-3-1-2-4-11(10)17-18-13/h1-4,8-9,12,15H,5-7H2,(H,16,19)(H,17,18). The molecule has 0 radical (unpaired) electrons. The SMILES string of the molecule is O=C(NC1CC2CC1CN2)c1n[nH]c2ccccc12. The summed E-state index contributed by atoms with van der Waals surface area (Å²) < 4.78 is 0. The van der Waals surface area contributed by atoms with Gasteiger partial charge in [0.15, 0.2) is 5.69 Å². The summed E-state index contributed by atoms with van der Waals surface area (Å²) in [6.45, 7) is 1.02. The Kier molecular flexibility index (Phi) is 2.35. The number of amides is 1. The first-order chi connectivity index (χ1) is 9.31. The summed E-state index contributed by atoms with van der Waals surface area (Å²) in [5, 5.41) is 14.5. The van der Waals surface area contributed by atoms with Crippen molar-refractivity contribution in [1.82, 2.24) is 20.8 Å². The number of hydrogen-bond acceptors (Lipinski definition) is 3. The molecule has 3 unspecified atom stereocenters. The minimum absolute atomic E-state index is 0.0602. The third-order valence-electron chi connectivity index (χ3n) is 4.37. The molecule has 5 heteroatoms. The van der Waals surface area contributed by atoms with E-state index in [0.29, 0.717) is 23.7 Å². The van der Waals surface area contributed by atoms with E-state index in [1.54, 1.807) is 0 Å². The van der Waals surface area contributed by atoms with E-state index in [2.05, 4.69) is 20.8 Å². The van der Waals surface area contributed by atoms with Gasteiger partial charge >= 0.3 is 0 Å². The molecule has 1 amide bonds. The molecule has 2 aromatic rings. The van der Waals surface area contributed by atoms with Crippen molar-refractivity contribution in [2.75, 3.05) is 6.54 Å². The van der Waals surface area contributed by atoms with Gasteiger partial charge < -0.3 is 10.6 Å². The number of carbonyl (C=O) groups is 1. The van der Waals surface area contributed by atoms with Crippen LogP contribution in [-0.4, -0.2) is 34.7 Å². The molecule has 1 saturated carbocycles. The first kappa shape index (κ1) is 11.0. The lowest BCUT2D eigenvalue weighted by Gasteiger charge is -2.23. The van der Waals surface area contributed by atoms with E-state index in [-0.39, 0.29) is 5.91 Å². The summed E-state index contributed by atoms with van der Waals surface area (Å²) in [5.41, 5.74) is 1.41. The van der Waals surface area contributed by atoms with Crippen LogP contribution in [0.2, 0.25) is 0 Å². The van der Waals surface area contributed by atoms with Gasteiger partial charge in [-0.25, -0.2) is 0 Å². The molecule has 2 aliphatic rings.